The van der Waals surface area contributed by atoms with Crippen molar-refractivity contribution in [2.24, 2.45) is 11.8 Å². The van der Waals surface area contributed by atoms with Crippen molar-refractivity contribution in [3.8, 4) is 0 Å². The third-order valence-electron chi connectivity index (χ3n) is 4.43. The summed E-state index contributed by atoms with van der Waals surface area (Å²) in [5.74, 6) is 2.21. The fourth-order valence-corrected chi connectivity index (χ4v) is 3.42. The molecule has 0 spiro atoms. The topological polar surface area (TPSA) is 0 Å². The molecule has 0 unspecified atom stereocenters. The molecular formula is C14H26. The summed E-state index contributed by atoms with van der Waals surface area (Å²) in [6, 6.07) is 0. The predicted molar refractivity (Wildman–Crippen MR) is 62.4 cm³/mol. The lowest BCUT2D eigenvalue weighted by molar-refractivity contribution is 0.363. The Bertz CT molecular complexity index is 120. The van der Waals surface area contributed by atoms with Gasteiger partial charge in [-0.3, -0.25) is 0 Å². The standard InChI is InChI=1S/C14H26/c1-3-7-13-9-5-2-6-10-14(8-4-1)12-11-13/h13-14H,1-12H2. The summed E-state index contributed by atoms with van der Waals surface area (Å²) in [6.45, 7) is 0. The fraction of sp³-hybridized carbons (Fsp3) is 1.00. The van der Waals surface area contributed by atoms with Crippen LogP contribution < -0.4 is 0 Å². The van der Waals surface area contributed by atoms with Crippen molar-refractivity contribution < 1.29 is 0 Å². The van der Waals surface area contributed by atoms with Crippen molar-refractivity contribution in [3.63, 3.8) is 0 Å². The van der Waals surface area contributed by atoms with E-state index in [1.807, 2.05) is 0 Å². The van der Waals surface area contributed by atoms with Crippen molar-refractivity contribution in [3.05, 3.63) is 0 Å². The van der Waals surface area contributed by atoms with Gasteiger partial charge in [0.1, 0.15) is 0 Å². The zero-order valence-electron chi connectivity index (χ0n) is 9.64. The molecule has 2 aliphatic carbocycles. The van der Waals surface area contributed by atoms with E-state index in [9.17, 15) is 0 Å². The van der Waals surface area contributed by atoms with Crippen molar-refractivity contribution in [2.45, 2.75) is 77.0 Å². The van der Waals surface area contributed by atoms with Crippen LogP contribution in [0.4, 0.5) is 0 Å². The molecule has 0 aliphatic heterocycles. The van der Waals surface area contributed by atoms with E-state index in [4.69, 9.17) is 0 Å². The third kappa shape index (κ3) is 3.29. The average Bonchev–Trinajstić information content (AvgIpc) is 2.34. The third-order valence-corrected chi connectivity index (χ3v) is 4.43. The summed E-state index contributed by atoms with van der Waals surface area (Å²) in [4.78, 5) is 0. The van der Waals surface area contributed by atoms with Crippen molar-refractivity contribution >= 4 is 0 Å². The van der Waals surface area contributed by atoms with E-state index in [1.54, 1.807) is 38.5 Å². The van der Waals surface area contributed by atoms with Gasteiger partial charge in [0.25, 0.3) is 0 Å². The normalized spacial score (nSPS) is 36.0. The highest BCUT2D eigenvalue weighted by Gasteiger charge is 2.17. The highest BCUT2D eigenvalue weighted by atomic mass is 14.2. The van der Waals surface area contributed by atoms with Crippen molar-refractivity contribution in [1.29, 1.82) is 0 Å². The molecule has 2 bridgehead atoms. The van der Waals surface area contributed by atoms with Gasteiger partial charge in [-0.05, 0) is 11.8 Å². The van der Waals surface area contributed by atoms with E-state index in [-0.39, 0.29) is 0 Å². The van der Waals surface area contributed by atoms with Gasteiger partial charge in [0.15, 0.2) is 0 Å². The largest absolute Gasteiger partial charge is 0.0533 e. The van der Waals surface area contributed by atoms with Gasteiger partial charge in [0.2, 0.25) is 0 Å². The lowest BCUT2D eigenvalue weighted by Gasteiger charge is -2.16. The summed E-state index contributed by atoms with van der Waals surface area (Å²) in [7, 11) is 0. The SMILES string of the molecule is C1CCC2CCCCCC(CC1)CC2. The molecule has 2 rings (SSSR count). The minimum atomic E-state index is 1.11. The Morgan fingerprint density at radius 2 is 0.714 bits per heavy atom. The summed E-state index contributed by atoms with van der Waals surface area (Å²) >= 11 is 0. The zero-order valence-corrected chi connectivity index (χ0v) is 9.64. The quantitative estimate of drug-likeness (QED) is 0.513. The first kappa shape index (κ1) is 10.5. The van der Waals surface area contributed by atoms with E-state index < -0.39 is 0 Å². The molecule has 2 fully saturated rings. The van der Waals surface area contributed by atoms with Gasteiger partial charge in [0.05, 0.1) is 0 Å². The van der Waals surface area contributed by atoms with Crippen molar-refractivity contribution in [1.82, 2.24) is 0 Å². The van der Waals surface area contributed by atoms with Crippen LogP contribution >= 0.6 is 0 Å². The molecule has 0 radical (unpaired) electrons. The van der Waals surface area contributed by atoms with Crippen molar-refractivity contribution in [2.75, 3.05) is 0 Å². The molecule has 0 aromatic rings. The molecule has 0 atom stereocenters. The minimum absolute atomic E-state index is 1.11. The molecule has 0 N–H and O–H groups in total. The minimum Gasteiger partial charge on any atom is -0.0533 e. The first-order valence-corrected chi connectivity index (χ1v) is 6.95. The Labute approximate surface area is 89.5 Å². The molecule has 2 aliphatic rings. The highest BCUT2D eigenvalue weighted by molar-refractivity contribution is 4.70. The first-order chi connectivity index (χ1) is 6.95. The van der Waals surface area contributed by atoms with Crippen LogP contribution in [-0.4, -0.2) is 0 Å². The second-order valence-electron chi connectivity index (χ2n) is 5.59. The molecule has 0 amide bonds. The summed E-state index contributed by atoms with van der Waals surface area (Å²) in [6.07, 6.45) is 18.5. The van der Waals surface area contributed by atoms with Gasteiger partial charge in [-0.25, -0.2) is 0 Å². The van der Waals surface area contributed by atoms with Crippen LogP contribution in [0.5, 0.6) is 0 Å². The van der Waals surface area contributed by atoms with Gasteiger partial charge in [-0.2, -0.15) is 0 Å². The maximum Gasteiger partial charge on any atom is -0.0414 e. The number of fused-ring (bicyclic) bond motifs is 3. The van der Waals surface area contributed by atoms with E-state index >= 15 is 0 Å². The van der Waals surface area contributed by atoms with Gasteiger partial charge >= 0.3 is 0 Å². The maximum atomic E-state index is 1.56. The van der Waals surface area contributed by atoms with Crippen LogP contribution in [-0.2, 0) is 0 Å². The van der Waals surface area contributed by atoms with Gasteiger partial charge in [-0.1, -0.05) is 77.0 Å². The van der Waals surface area contributed by atoms with Gasteiger partial charge < -0.3 is 0 Å². The van der Waals surface area contributed by atoms with E-state index in [2.05, 4.69) is 0 Å². The molecule has 0 heteroatoms. The van der Waals surface area contributed by atoms with Gasteiger partial charge in [-0.15, -0.1) is 0 Å². The Morgan fingerprint density at radius 3 is 1.07 bits per heavy atom. The van der Waals surface area contributed by atoms with E-state index in [0.29, 0.717) is 0 Å². The second-order valence-corrected chi connectivity index (χ2v) is 5.59. The predicted octanol–water partition coefficient (Wildman–Crippen LogP) is 4.93. The monoisotopic (exact) mass is 194 g/mol. The van der Waals surface area contributed by atoms with Crippen LogP contribution in [0.2, 0.25) is 0 Å². The van der Waals surface area contributed by atoms with Gasteiger partial charge in [0, 0.05) is 0 Å². The van der Waals surface area contributed by atoms with E-state index in [1.165, 1.54) is 38.5 Å². The molecule has 0 nitrogen and oxygen atoms in total. The maximum absolute atomic E-state index is 1.56. The number of rotatable bonds is 0. The molecule has 0 saturated heterocycles. The summed E-state index contributed by atoms with van der Waals surface area (Å²) < 4.78 is 0. The molecule has 0 aromatic carbocycles. The van der Waals surface area contributed by atoms with Crippen LogP contribution in [0.3, 0.4) is 0 Å². The first-order valence-electron chi connectivity index (χ1n) is 6.95. The molecule has 0 aromatic heterocycles. The zero-order chi connectivity index (χ0) is 9.64. The summed E-state index contributed by atoms with van der Waals surface area (Å²) in [5, 5.41) is 0. The van der Waals surface area contributed by atoms with Crippen LogP contribution in [0.1, 0.15) is 77.0 Å². The molecular weight excluding hydrogens is 168 g/mol. The Balaban J connectivity index is 1.92. The number of hydrogen-bond acceptors (Lipinski definition) is 0. The molecule has 14 heavy (non-hydrogen) atoms. The second kappa shape index (κ2) is 5.78. The molecule has 2 saturated carbocycles. The Kier molecular flexibility index (Phi) is 4.34. The lowest BCUT2D eigenvalue weighted by Crippen LogP contribution is -2.02. The fourth-order valence-electron chi connectivity index (χ4n) is 3.42. The molecule has 0 heterocycles. The van der Waals surface area contributed by atoms with Crippen LogP contribution in [0.15, 0.2) is 0 Å². The number of hydrogen-bond donors (Lipinski definition) is 0. The average molecular weight is 194 g/mol. The van der Waals surface area contributed by atoms with E-state index in [0.717, 1.165) is 11.8 Å². The Morgan fingerprint density at radius 1 is 0.357 bits per heavy atom. The van der Waals surface area contributed by atoms with Crippen LogP contribution in [0, 0.1) is 11.8 Å². The smallest absolute Gasteiger partial charge is 0.0414 e. The van der Waals surface area contributed by atoms with Crippen LogP contribution in [0.25, 0.3) is 0 Å². The lowest BCUT2D eigenvalue weighted by atomic mass is 9.90. The highest BCUT2D eigenvalue weighted by Crippen LogP contribution is 2.32. The Hall–Kier alpha value is 0. The summed E-state index contributed by atoms with van der Waals surface area (Å²) in [5.41, 5.74) is 0. The molecule has 82 valence electrons.